The molecule has 0 nitrogen and oxygen atoms in total. The number of hydrogen-bond acceptors (Lipinski definition) is 0. The monoisotopic (exact) mass is 134 g/mol. The second kappa shape index (κ2) is 4.80. The first-order valence-corrected chi connectivity index (χ1v) is 3.38. The molecule has 0 unspecified atom stereocenters. The van der Waals surface area contributed by atoms with Gasteiger partial charge in [0.05, 0.1) is 0 Å². The summed E-state index contributed by atoms with van der Waals surface area (Å²) in [4.78, 5) is 0. The molecule has 0 aliphatic rings. The number of rotatable bonds is 3. The Morgan fingerprint density at radius 1 is 0.900 bits per heavy atom. The molecular formula is C10H14. The van der Waals surface area contributed by atoms with E-state index in [1.165, 1.54) is 0 Å². The molecular weight excluding hydrogens is 120 g/mol. The van der Waals surface area contributed by atoms with Crippen molar-refractivity contribution in [3.05, 3.63) is 48.6 Å². The lowest BCUT2D eigenvalue weighted by Gasteiger charge is -1.98. The second-order valence-electron chi connectivity index (χ2n) is 1.90. The summed E-state index contributed by atoms with van der Waals surface area (Å²) in [6, 6.07) is 0. The van der Waals surface area contributed by atoms with Gasteiger partial charge >= 0.3 is 0 Å². The van der Waals surface area contributed by atoms with Crippen molar-refractivity contribution in [2.24, 2.45) is 0 Å². The van der Waals surface area contributed by atoms with Crippen LogP contribution in [-0.2, 0) is 0 Å². The van der Waals surface area contributed by atoms with Crippen molar-refractivity contribution in [2.75, 3.05) is 0 Å². The zero-order chi connectivity index (χ0) is 7.98. The number of allylic oxidation sites excluding steroid dienone is 6. The van der Waals surface area contributed by atoms with Gasteiger partial charge in [-0.1, -0.05) is 37.5 Å². The van der Waals surface area contributed by atoms with Crippen LogP contribution in [0.1, 0.15) is 13.8 Å². The SMILES string of the molecule is C=CC(=C/C)/C(C=C)=C\C. The van der Waals surface area contributed by atoms with Crippen molar-refractivity contribution >= 4 is 0 Å². The van der Waals surface area contributed by atoms with Gasteiger partial charge in [-0.15, -0.1) is 0 Å². The smallest absolute Gasteiger partial charge is 0.0236 e. The Kier molecular flexibility index (Phi) is 4.30. The Morgan fingerprint density at radius 3 is 1.30 bits per heavy atom. The first kappa shape index (κ1) is 8.96. The molecule has 0 bridgehead atoms. The summed E-state index contributed by atoms with van der Waals surface area (Å²) < 4.78 is 0. The fraction of sp³-hybridized carbons (Fsp3) is 0.200. The van der Waals surface area contributed by atoms with Gasteiger partial charge in [0.25, 0.3) is 0 Å². The fourth-order valence-corrected chi connectivity index (χ4v) is 0.805. The highest BCUT2D eigenvalue weighted by atomic mass is 14.0. The Hall–Kier alpha value is -1.04. The lowest BCUT2D eigenvalue weighted by atomic mass is 10.1. The van der Waals surface area contributed by atoms with Crippen molar-refractivity contribution < 1.29 is 0 Å². The van der Waals surface area contributed by atoms with E-state index >= 15 is 0 Å². The van der Waals surface area contributed by atoms with E-state index in [2.05, 4.69) is 13.2 Å². The predicted molar refractivity (Wildman–Crippen MR) is 47.9 cm³/mol. The van der Waals surface area contributed by atoms with E-state index in [1.807, 2.05) is 38.2 Å². The van der Waals surface area contributed by atoms with Crippen molar-refractivity contribution in [1.82, 2.24) is 0 Å². The largest absolute Gasteiger partial charge is 0.0985 e. The van der Waals surface area contributed by atoms with Gasteiger partial charge in [-0.3, -0.25) is 0 Å². The van der Waals surface area contributed by atoms with Gasteiger partial charge in [-0.05, 0) is 25.0 Å². The third kappa shape index (κ3) is 2.06. The molecule has 0 heterocycles. The Labute approximate surface area is 63.3 Å². The topological polar surface area (TPSA) is 0 Å². The van der Waals surface area contributed by atoms with Crippen LogP contribution in [0.5, 0.6) is 0 Å². The average Bonchev–Trinajstić information content (AvgIpc) is 2.00. The molecule has 54 valence electrons. The van der Waals surface area contributed by atoms with Crippen LogP contribution in [0.15, 0.2) is 48.6 Å². The molecule has 0 heteroatoms. The zero-order valence-corrected chi connectivity index (χ0v) is 6.72. The Balaban J connectivity index is 4.58. The Bertz CT molecular complexity index is 158. The van der Waals surface area contributed by atoms with E-state index < -0.39 is 0 Å². The molecule has 10 heavy (non-hydrogen) atoms. The highest BCUT2D eigenvalue weighted by Crippen LogP contribution is 2.10. The van der Waals surface area contributed by atoms with E-state index in [0.717, 1.165) is 11.1 Å². The van der Waals surface area contributed by atoms with Gasteiger partial charge < -0.3 is 0 Å². The van der Waals surface area contributed by atoms with Gasteiger partial charge in [-0.2, -0.15) is 0 Å². The second-order valence-corrected chi connectivity index (χ2v) is 1.90. The summed E-state index contributed by atoms with van der Waals surface area (Å²) in [5.41, 5.74) is 2.27. The maximum absolute atomic E-state index is 3.69. The first-order chi connectivity index (χ1) is 4.79. The first-order valence-electron chi connectivity index (χ1n) is 3.38. The van der Waals surface area contributed by atoms with E-state index in [1.54, 1.807) is 0 Å². The van der Waals surface area contributed by atoms with E-state index in [-0.39, 0.29) is 0 Å². The summed E-state index contributed by atoms with van der Waals surface area (Å²) in [6.45, 7) is 11.4. The quantitative estimate of drug-likeness (QED) is 0.520. The summed E-state index contributed by atoms with van der Waals surface area (Å²) >= 11 is 0. The Morgan fingerprint density at radius 2 is 1.20 bits per heavy atom. The lowest BCUT2D eigenvalue weighted by Crippen LogP contribution is -1.79. The maximum Gasteiger partial charge on any atom is -0.0236 e. The fourth-order valence-electron chi connectivity index (χ4n) is 0.805. The molecule has 0 aliphatic heterocycles. The normalized spacial score (nSPS) is 13.0. The van der Waals surface area contributed by atoms with E-state index in [9.17, 15) is 0 Å². The van der Waals surface area contributed by atoms with Crippen LogP contribution in [0.3, 0.4) is 0 Å². The van der Waals surface area contributed by atoms with Crippen molar-refractivity contribution in [2.45, 2.75) is 13.8 Å². The van der Waals surface area contributed by atoms with Crippen LogP contribution in [0.4, 0.5) is 0 Å². The van der Waals surface area contributed by atoms with Crippen LogP contribution in [0.25, 0.3) is 0 Å². The van der Waals surface area contributed by atoms with Crippen molar-refractivity contribution in [3.63, 3.8) is 0 Å². The molecule has 0 spiro atoms. The van der Waals surface area contributed by atoms with Gasteiger partial charge in [-0.25, -0.2) is 0 Å². The van der Waals surface area contributed by atoms with Crippen LogP contribution < -0.4 is 0 Å². The predicted octanol–water partition coefficient (Wildman–Crippen LogP) is 3.25. The van der Waals surface area contributed by atoms with Crippen LogP contribution >= 0.6 is 0 Å². The highest BCUT2D eigenvalue weighted by Gasteiger charge is 1.91. The molecule has 0 saturated heterocycles. The minimum absolute atomic E-state index is 1.14. The molecule has 0 aromatic carbocycles. The molecule has 0 rings (SSSR count). The lowest BCUT2D eigenvalue weighted by molar-refractivity contribution is 1.48. The molecule has 0 fully saturated rings. The third-order valence-corrected chi connectivity index (χ3v) is 1.40. The van der Waals surface area contributed by atoms with Crippen molar-refractivity contribution in [3.8, 4) is 0 Å². The molecule has 0 radical (unpaired) electrons. The average molecular weight is 134 g/mol. The molecule has 0 N–H and O–H groups in total. The standard InChI is InChI=1S/C10H14/c1-5-9(6-2)10(7-3)8-4/h5-8H,1,3H2,2,4H3/b9-6-,10-8-. The third-order valence-electron chi connectivity index (χ3n) is 1.40. The van der Waals surface area contributed by atoms with Gasteiger partial charge in [0.2, 0.25) is 0 Å². The molecule has 0 saturated carbocycles. The minimum atomic E-state index is 1.14. The number of hydrogen-bond donors (Lipinski definition) is 0. The van der Waals surface area contributed by atoms with Crippen LogP contribution in [0.2, 0.25) is 0 Å². The van der Waals surface area contributed by atoms with Crippen LogP contribution in [0, 0.1) is 0 Å². The maximum atomic E-state index is 3.69. The molecule has 0 amide bonds. The van der Waals surface area contributed by atoms with E-state index in [4.69, 9.17) is 0 Å². The molecule has 0 aromatic rings. The van der Waals surface area contributed by atoms with E-state index in [0.29, 0.717) is 0 Å². The molecule has 0 aliphatic carbocycles. The molecule has 0 aromatic heterocycles. The van der Waals surface area contributed by atoms with Crippen LogP contribution in [-0.4, -0.2) is 0 Å². The minimum Gasteiger partial charge on any atom is -0.0985 e. The highest BCUT2D eigenvalue weighted by molar-refractivity contribution is 5.44. The summed E-state index contributed by atoms with van der Waals surface area (Å²) in [6.07, 6.45) is 7.70. The molecule has 0 atom stereocenters. The van der Waals surface area contributed by atoms with Gasteiger partial charge in [0.15, 0.2) is 0 Å². The summed E-state index contributed by atoms with van der Waals surface area (Å²) in [5.74, 6) is 0. The van der Waals surface area contributed by atoms with Crippen molar-refractivity contribution in [1.29, 1.82) is 0 Å². The summed E-state index contributed by atoms with van der Waals surface area (Å²) in [7, 11) is 0. The van der Waals surface area contributed by atoms with Gasteiger partial charge in [0, 0.05) is 0 Å². The van der Waals surface area contributed by atoms with Gasteiger partial charge in [0.1, 0.15) is 0 Å². The summed E-state index contributed by atoms with van der Waals surface area (Å²) in [5, 5.41) is 0. The zero-order valence-electron chi connectivity index (χ0n) is 6.72.